The largest absolute Gasteiger partial charge is 0.512 e. The van der Waals surface area contributed by atoms with Crippen LogP contribution in [-0.4, -0.2) is 47.9 Å². The van der Waals surface area contributed by atoms with Gasteiger partial charge in [-0.1, -0.05) is 79.2 Å². The second kappa shape index (κ2) is 47.7. The van der Waals surface area contributed by atoms with Crippen LogP contribution in [0.2, 0.25) is 0 Å². The van der Waals surface area contributed by atoms with Crippen LogP contribution in [0.1, 0.15) is 19.4 Å². The quantitative estimate of drug-likeness (QED) is 0.0685. The third-order valence-electron chi connectivity index (χ3n) is 11.4. The molecule has 12 aromatic rings. The number of benzene rings is 6. The van der Waals surface area contributed by atoms with Gasteiger partial charge in [-0.05, 0) is 90.5 Å². The molecule has 6 heterocycles. The molecule has 12 rings (SSSR count). The Kier molecular flexibility index (Phi) is 43.7. The Labute approximate surface area is 614 Å². The van der Waals surface area contributed by atoms with Crippen molar-refractivity contribution in [1.82, 2.24) is 29.9 Å². The molecule has 0 aliphatic rings. The van der Waals surface area contributed by atoms with E-state index in [0.717, 1.165) is 74.0 Å². The number of carbonyl (C=O) groups is 1. The van der Waals surface area contributed by atoms with Gasteiger partial charge in [-0.15, -0.1) is 161 Å². The predicted molar refractivity (Wildman–Crippen MR) is 332 cm³/mol. The molecule has 0 bridgehead atoms. The molecule has 0 fully saturated rings. The molecule has 0 saturated heterocycles. The summed E-state index contributed by atoms with van der Waals surface area (Å²) < 4.78 is 94.0. The maximum Gasteiger partial charge on any atom is 0.155 e. The van der Waals surface area contributed by atoms with Crippen LogP contribution in [0.15, 0.2) is 249 Å². The summed E-state index contributed by atoms with van der Waals surface area (Å²) in [4.78, 5) is 34.7. The summed E-state index contributed by atoms with van der Waals surface area (Å²) in [6.45, 7) is 4.70. The summed E-state index contributed by atoms with van der Waals surface area (Å²) in [6.07, 6.45) is 11.2. The third kappa shape index (κ3) is 31.8. The average Bonchev–Trinajstić information content (AvgIpc) is 0.970. The van der Waals surface area contributed by atoms with Crippen molar-refractivity contribution in [3.05, 3.63) is 332 Å². The molecule has 6 aromatic heterocycles. The van der Waals surface area contributed by atoms with Gasteiger partial charge in [0, 0.05) is 185 Å². The van der Waals surface area contributed by atoms with Crippen LogP contribution in [0.3, 0.4) is 0 Å². The number of aliphatic hydroxyl groups is 1. The molecule has 0 spiro atoms. The number of ketones is 1. The van der Waals surface area contributed by atoms with E-state index in [1.807, 2.05) is 79.7 Å². The van der Waals surface area contributed by atoms with E-state index < -0.39 is 11.6 Å². The van der Waals surface area contributed by atoms with Crippen LogP contribution in [0.25, 0.3) is 67.5 Å². The third-order valence-corrected chi connectivity index (χ3v) is 11.4. The number of methoxy groups -OCH3 is 1. The van der Waals surface area contributed by atoms with Crippen LogP contribution in [0.5, 0.6) is 5.75 Å². The van der Waals surface area contributed by atoms with E-state index in [2.05, 4.69) is 66.3 Å². The van der Waals surface area contributed by atoms with Crippen LogP contribution in [0.4, 0.5) is 35.4 Å². The molecule has 95 heavy (non-hydrogen) atoms. The molecule has 501 valence electrons. The molecular formula is C73H54F8Ir5N6O3-6. The number of halogens is 8. The Morgan fingerprint density at radius 2 is 0.705 bits per heavy atom. The fourth-order valence-corrected chi connectivity index (χ4v) is 7.32. The van der Waals surface area contributed by atoms with Crippen LogP contribution >= 0.6 is 0 Å². The minimum Gasteiger partial charge on any atom is -0.512 e. The number of aryl methyl sites for hydroxylation is 1. The van der Waals surface area contributed by atoms with Gasteiger partial charge < -0.3 is 39.7 Å². The molecule has 22 heteroatoms. The molecule has 0 aliphatic heterocycles. The van der Waals surface area contributed by atoms with E-state index in [9.17, 15) is 35.5 Å². The van der Waals surface area contributed by atoms with E-state index in [1.165, 1.54) is 80.6 Å². The van der Waals surface area contributed by atoms with Gasteiger partial charge in [0.15, 0.2) is 5.78 Å². The first-order valence-corrected chi connectivity index (χ1v) is 26.7. The van der Waals surface area contributed by atoms with Crippen molar-refractivity contribution in [2.75, 3.05) is 7.11 Å². The monoisotopic (exact) mass is 2180 g/mol. The summed E-state index contributed by atoms with van der Waals surface area (Å²) in [5, 5.41) is 8.36. The Balaban J connectivity index is 0.00000108. The fraction of sp³-hybridized carbons (Fsp3) is 0.0548. The van der Waals surface area contributed by atoms with Crippen molar-refractivity contribution in [3.63, 3.8) is 0 Å². The van der Waals surface area contributed by atoms with Crippen molar-refractivity contribution in [3.8, 4) is 73.3 Å². The maximum atomic E-state index is 13.2. The number of pyridine rings is 6. The minimum absolute atomic E-state index is 0. The fourth-order valence-electron chi connectivity index (χ4n) is 7.32. The summed E-state index contributed by atoms with van der Waals surface area (Å²) in [5.41, 5.74) is 9.47. The van der Waals surface area contributed by atoms with E-state index >= 15 is 0 Å². The van der Waals surface area contributed by atoms with Crippen LogP contribution < -0.4 is 4.74 Å². The van der Waals surface area contributed by atoms with Crippen molar-refractivity contribution in [1.29, 1.82) is 0 Å². The molecular weight excluding hydrogens is 2120 g/mol. The molecule has 6 aromatic carbocycles. The molecule has 0 unspecified atom stereocenters. The first-order chi connectivity index (χ1) is 43.0. The zero-order valence-electron chi connectivity index (χ0n) is 50.3. The van der Waals surface area contributed by atoms with Gasteiger partial charge in [0.2, 0.25) is 0 Å². The number of rotatable bonds is 8. The normalized spacial score (nSPS) is 9.48. The first kappa shape index (κ1) is 86.9. The Hall–Kier alpha value is -8.08. The molecule has 0 amide bonds. The minimum atomic E-state index is -0.649. The molecule has 9 nitrogen and oxygen atoms in total. The van der Waals surface area contributed by atoms with E-state index in [0.29, 0.717) is 11.4 Å². The molecule has 0 atom stereocenters. The van der Waals surface area contributed by atoms with Gasteiger partial charge >= 0.3 is 0 Å². The summed E-state index contributed by atoms with van der Waals surface area (Å²) in [6, 6.07) is 69.9. The summed E-state index contributed by atoms with van der Waals surface area (Å²) in [7, 11) is 1.59. The zero-order valence-corrected chi connectivity index (χ0v) is 62.2. The van der Waals surface area contributed by atoms with Crippen LogP contribution in [-0.2, 0) is 105 Å². The number of hydrogen-bond donors (Lipinski definition) is 1. The summed E-state index contributed by atoms with van der Waals surface area (Å²) >= 11 is 0. The number of hydrogen-bond acceptors (Lipinski definition) is 9. The van der Waals surface area contributed by atoms with Gasteiger partial charge in [0.05, 0.1) is 12.9 Å². The van der Waals surface area contributed by atoms with E-state index in [-0.39, 0.29) is 151 Å². The summed E-state index contributed by atoms with van der Waals surface area (Å²) in [5.74, 6) is -2.03. The topological polar surface area (TPSA) is 124 Å². The standard InChI is InChI=1S/C12H9FNO.C12H9FN.C11H6F2N.3C11H7FN.C5H8O2.FH.5Ir/c1-15-11-6-7-14-12(8-11)9-2-4-10(13)5-3-9;1-9-8-10(13)5-6-11(9)12-4-2-3-7-14-12;12-8-4-5-9(10(13)7-8)11-3-1-2-6-14-11;3*12-10-6-4-9(5-7-10)11-3-1-2-8-13-11;1-4(6)3-5(2)7;;;;;;/h2,4-8H,1H3;2-5,7-8H,1H3;1-4,6-7H;3*1-4,6-8H;3,6H,1-2H3;1H;;;;;/q6*-1;;;;;;;. The van der Waals surface area contributed by atoms with Crippen molar-refractivity contribution in [2.24, 2.45) is 0 Å². The molecule has 1 N–H and O–H groups in total. The number of nitrogens with zero attached hydrogens (tertiary/aromatic N) is 6. The number of aliphatic hydroxyl groups excluding tert-OH is 1. The molecule has 0 saturated carbocycles. The predicted octanol–water partition coefficient (Wildman–Crippen LogP) is 17.8. The smallest absolute Gasteiger partial charge is 0.155 e. The SMILES string of the molecule is CC(=O)C=C(C)O.COc1ccnc(-c2[c-]cc(F)cc2)c1.Cc1cc(F)c[c-]c1-c1ccccn1.F.Fc1c[c-]c(-c2ccccn2)c(F)c1.Fc1c[c-]c(-c2ccccn2)cc1.Fc1c[c-]c(-c2ccccn2)cc1.Fc1c[c-]c(-c2ccccn2)cc1.[Ir].[Ir].[Ir].[Ir].[Ir]. The van der Waals surface area contributed by atoms with Crippen molar-refractivity contribution in [2.45, 2.75) is 20.8 Å². The number of carbonyl (C=O) groups excluding carboxylic acids is 1. The number of ether oxygens (including phenoxy) is 1. The maximum absolute atomic E-state index is 13.2. The Morgan fingerprint density at radius 1 is 0.389 bits per heavy atom. The molecule has 0 aliphatic carbocycles. The van der Waals surface area contributed by atoms with Crippen LogP contribution in [0, 0.1) is 84.0 Å². The van der Waals surface area contributed by atoms with E-state index in [1.54, 1.807) is 98.9 Å². The van der Waals surface area contributed by atoms with Gasteiger partial charge in [-0.2, -0.15) is 0 Å². The zero-order chi connectivity index (χ0) is 63.8. The average molecular weight is 2180 g/mol. The second-order valence-electron chi connectivity index (χ2n) is 18.2. The first-order valence-electron chi connectivity index (χ1n) is 26.7. The Morgan fingerprint density at radius 3 is 0.989 bits per heavy atom. The van der Waals surface area contributed by atoms with Crippen molar-refractivity contribution < 1.29 is 151 Å². The second-order valence-corrected chi connectivity index (χ2v) is 18.2. The van der Waals surface area contributed by atoms with Gasteiger partial charge in [0.1, 0.15) is 5.75 Å². The number of aromatic nitrogens is 6. The van der Waals surface area contributed by atoms with Crippen molar-refractivity contribution >= 4 is 5.78 Å². The van der Waals surface area contributed by atoms with Gasteiger partial charge in [-0.25, -0.2) is 0 Å². The van der Waals surface area contributed by atoms with E-state index in [4.69, 9.17) is 9.84 Å². The number of allylic oxidation sites excluding steroid dienone is 2. The van der Waals surface area contributed by atoms with Gasteiger partial charge in [0.25, 0.3) is 0 Å². The van der Waals surface area contributed by atoms with Gasteiger partial charge in [-0.3, -0.25) is 40.2 Å². The Bertz CT molecular complexity index is 3800. The molecule has 5 radical (unpaired) electrons.